The summed E-state index contributed by atoms with van der Waals surface area (Å²) in [5.41, 5.74) is 0.384. The van der Waals surface area contributed by atoms with Crippen molar-refractivity contribution in [1.82, 2.24) is 15.5 Å². The van der Waals surface area contributed by atoms with E-state index in [1.54, 1.807) is 7.05 Å². The number of piperidine rings is 1. The summed E-state index contributed by atoms with van der Waals surface area (Å²) < 4.78 is 6.03. The second kappa shape index (κ2) is 8.20. The summed E-state index contributed by atoms with van der Waals surface area (Å²) in [6.07, 6.45) is 8.43. The molecule has 3 atom stereocenters. The van der Waals surface area contributed by atoms with Crippen LogP contribution in [0.15, 0.2) is 4.99 Å². The van der Waals surface area contributed by atoms with E-state index in [9.17, 15) is 4.79 Å². The van der Waals surface area contributed by atoms with Crippen LogP contribution in [0.1, 0.15) is 44.9 Å². The summed E-state index contributed by atoms with van der Waals surface area (Å²) in [6, 6.07) is 0.538. The summed E-state index contributed by atoms with van der Waals surface area (Å²) in [6.45, 7) is 2.91. The van der Waals surface area contributed by atoms with Gasteiger partial charge < -0.3 is 20.3 Å². The van der Waals surface area contributed by atoms with Gasteiger partial charge in [-0.1, -0.05) is 6.42 Å². The van der Waals surface area contributed by atoms with Gasteiger partial charge in [-0.05, 0) is 38.0 Å². The molecule has 2 N–H and O–H groups in total. The number of nitrogens with zero attached hydrogens (tertiary/aromatic N) is 2. The van der Waals surface area contributed by atoms with Crippen LogP contribution in [0.4, 0.5) is 0 Å². The van der Waals surface area contributed by atoms with Gasteiger partial charge in [-0.3, -0.25) is 9.79 Å². The molecule has 1 amide bonds. The lowest BCUT2D eigenvalue weighted by molar-refractivity contribution is -0.171. The van der Waals surface area contributed by atoms with E-state index in [1.165, 1.54) is 25.7 Å². The predicted octanol–water partition coefficient (Wildman–Crippen LogP) is 1.99. The number of guanidine groups is 1. The molecule has 2 aliphatic carbocycles. The molecule has 2 aliphatic heterocycles. The average Bonchev–Trinajstić information content (AvgIpc) is 3.00. The van der Waals surface area contributed by atoms with Crippen LogP contribution in [0.5, 0.6) is 0 Å². The smallest absolute Gasteiger partial charge is 0.220 e. The molecule has 0 bridgehead atoms. The highest BCUT2D eigenvalue weighted by molar-refractivity contribution is 14.0. The van der Waals surface area contributed by atoms with Crippen LogP contribution in [0.25, 0.3) is 0 Å². The van der Waals surface area contributed by atoms with Crippen LogP contribution < -0.4 is 10.6 Å². The minimum absolute atomic E-state index is 0. The molecule has 2 saturated carbocycles. The van der Waals surface area contributed by atoms with Crippen molar-refractivity contribution >= 4 is 35.8 Å². The topological polar surface area (TPSA) is 66.0 Å². The van der Waals surface area contributed by atoms with Gasteiger partial charge in [0.1, 0.15) is 0 Å². The Labute approximate surface area is 173 Å². The SMILES string of the molecule is CN=C(NC1C2CCOC2C12CCC2)N1CCC(CC(=O)NC)CC1.I. The number of halogens is 1. The number of carbonyl (C=O) groups excluding carboxylic acids is 1. The molecule has 26 heavy (non-hydrogen) atoms. The van der Waals surface area contributed by atoms with Crippen LogP contribution in [-0.2, 0) is 9.53 Å². The van der Waals surface area contributed by atoms with E-state index in [1.807, 2.05) is 7.05 Å². The van der Waals surface area contributed by atoms with Crippen LogP contribution in [0.2, 0.25) is 0 Å². The van der Waals surface area contributed by atoms with Gasteiger partial charge in [0.05, 0.1) is 6.10 Å². The number of rotatable bonds is 3. The van der Waals surface area contributed by atoms with Crippen molar-refractivity contribution < 1.29 is 9.53 Å². The third kappa shape index (κ3) is 3.34. The summed E-state index contributed by atoms with van der Waals surface area (Å²) >= 11 is 0. The molecular weight excluding hydrogens is 443 g/mol. The van der Waals surface area contributed by atoms with Gasteiger partial charge in [-0.2, -0.15) is 0 Å². The Morgan fingerprint density at radius 2 is 2.00 bits per heavy atom. The van der Waals surface area contributed by atoms with Gasteiger partial charge in [0.15, 0.2) is 5.96 Å². The number of hydrogen-bond donors (Lipinski definition) is 2. The van der Waals surface area contributed by atoms with Crippen molar-refractivity contribution in [2.24, 2.45) is 22.2 Å². The van der Waals surface area contributed by atoms with Crippen molar-refractivity contribution in [3.8, 4) is 0 Å². The molecular formula is C19H33IN4O2. The van der Waals surface area contributed by atoms with Gasteiger partial charge in [-0.25, -0.2) is 0 Å². The lowest BCUT2D eigenvalue weighted by Crippen LogP contribution is -2.72. The first-order chi connectivity index (χ1) is 12.2. The molecule has 2 heterocycles. The molecule has 6 nitrogen and oxygen atoms in total. The number of hydrogen-bond acceptors (Lipinski definition) is 3. The zero-order valence-electron chi connectivity index (χ0n) is 16.0. The van der Waals surface area contributed by atoms with Crippen LogP contribution >= 0.6 is 24.0 Å². The van der Waals surface area contributed by atoms with E-state index in [0.29, 0.717) is 35.8 Å². The van der Waals surface area contributed by atoms with E-state index in [2.05, 4.69) is 20.5 Å². The van der Waals surface area contributed by atoms with Crippen molar-refractivity contribution in [2.45, 2.75) is 57.1 Å². The Morgan fingerprint density at radius 1 is 1.27 bits per heavy atom. The molecule has 0 aromatic heterocycles. The Morgan fingerprint density at radius 3 is 2.58 bits per heavy atom. The van der Waals surface area contributed by atoms with Gasteiger partial charge in [0, 0.05) is 57.6 Å². The number of amides is 1. The molecule has 0 aromatic rings. The third-order valence-electron chi connectivity index (χ3n) is 7.20. The van der Waals surface area contributed by atoms with Crippen LogP contribution in [0, 0.1) is 17.3 Å². The van der Waals surface area contributed by atoms with E-state index in [-0.39, 0.29) is 29.9 Å². The molecule has 4 aliphatic rings. The Kier molecular flexibility index (Phi) is 6.37. The fourth-order valence-electron chi connectivity index (χ4n) is 5.61. The molecule has 0 radical (unpaired) electrons. The second-order valence-corrected chi connectivity index (χ2v) is 8.31. The largest absolute Gasteiger partial charge is 0.377 e. The number of fused-ring (bicyclic) bond motifs is 2. The minimum Gasteiger partial charge on any atom is -0.377 e. The number of aliphatic imine (C=N–C) groups is 1. The first kappa shape index (κ1) is 20.2. The molecule has 148 valence electrons. The fourth-order valence-corrected chi connectivity index (χ4v) is 5.61. The molecule has 7 heteroatoms. The van der Waals surface area contributed by atoms with Crippen molar-refractivity contribution in [2.75, 3.05) is 33.8 Å². The summed E-state index contributed by atoms with van der Waals surface area (Å²) in [5.74, 6) is 2.39. The Bertz CT molecular complexity index is 544. The quantitative estimate of drug-likeness (QED) is 0.372. The first-order valence-corrected chi connectivity index (χ1v) is 9.98. The Balaban J connectivity index is 0.00000196. The fraction of sp³-hybridized carbons (Fsp3) is 0.895. The maximum atomic E-state index is 11.6. The van der Waals surface area contributed by atoms with Gasteiger partial charge in [0.25, 0.3) is 0 Å². The lowest BCUT2D eigenvalue weighted by Gasteiger charge is -2.63. The van der Waals surface area contributed by atoms with Gasteiger partial charge in [-0.15, -0.1) is 24.0 Å². The average molecular weight is 476 g/mol. The normalized spacial score (nSPS) is 32.9. The minimum atomic E-state index is 0. The summed E-state index contributed by atoms with van der Waals surface area (Å²) in [4.78, 5) is 18.6. The van der Waals surface area contributed by atoms with Crippen molar-refractivity contribution in [1.29, 1.82) is 0 Å². The summed E-state index contributed by atoms with van der Waals surface area (Å²) in [5, 5.41) is 6.56. The standard InChI is InChI=1S/C19H32N4O2.HI/c1-20-15(24)12-13-4-9-23(10-5-13)18(21-2)22-16-14-6-11-25-17(14)19(16)7-3-8-19;/h13-14,16-17H,3-12H2,1-2H3,(H,20,24)(H,21,22);1H. The summed E-state index contributed by atoms with van der Waals surface area (Å²) in [7, 11) is 3.62. The van der Waals surface area contributed by atoms with Gasteiger partial charge >= 0.3 is 0 Å². The zero-order valence-corrected chi connectivity index (χ0v) is 18.3. The van der Waals surface area contributed by atoms with Crippen LogP contribution in [0.3, 0.4) is 0 Å². The zero-order chi connectivity index (χ0) is 17.4. The second-order valence-electron chi connectivity index (χ2n) is 8.31. The van der Waals surface area contributed by atoms with Crippen LogP contribution in [-0.4, -0.2) is 62.7 Å². The highest BCUT2D eigenvalue weighted by Gasteiger charge is 2.66. The molecule has 1 spiro atoms. The van der Waals surface area contributed by atoms with Crippen molar-refractivity contribution in [3.63, 3.8) is 0 Å². The number of nitrogens with one attached hydrogen (secondary N) is 2. The predicted molar refractivity (Wildman–Crippen MR) is 113 cm³/mol. The maximum absolute atomic E-state index is 11.6. The number of carbonyl (C=O) groups is 1. The number of likely N-dealkylation sites (tertiary alicyclic amines) is 1. The highest BCUT2D eigenvalue weighted by atomic mass is 127. The van der Waals surface area contributed by atoms with E-state index in [4.69, 9.17) is 4.74 Å². The maximum Gasteiger partial charge on any atom is 0.220 e. The first-order valence-electron chi connectivity index (χ1n) is 9.98. The number of ether oxygens (including phenoxy) is 1. The van der Waals surface area contributed by atoms with Gasteiger partial charge in [0.2, 0.25) is 5.91 Å². The Hall–Kier alpha value is -0.570. The monoisotopic (exact) mass is 476 g/mol. The van der Waals surface area contributed by atoms with E-state index < -0.39 is 0 Å². The molecule has 2 saturated heterocycles. The van der Waals surface area contributed by atoms with E-state index >= 15 is 0 Å². The highest BCUT2D eigenvalue weighted by Crippen LogP contribution is 2.62. The lowest BCUT2D eigenvalue weighted by atomic mass is 9.46. The molecule has 3 unspecified atom stereocenters. The molecule has 4 fully saturated rings. The third-order valence-corrected chi connectivity index (χ3v) is 7.20. The molecule has 0 aromatic carbocycles. The molecule has 4 rings (SSSR count). The van der Waals surface area contributed by atoms with Crippen molar-refractivity contribution in [3.05, 3.63) is 0 Å². The van der Waals surface area contributed by atoms with E-state index in [0.717, 1.165) is 38.5 Å².